The Morgan fingerprint density at radius 2 is 1.96 bits per heavy atom. The highest BCUT2D eigenvalue weighted by Crippen LogP contribution is 2.47. The van der Waals surface area contributed by atoms with Gasteiger partial charge in [-0.2, -0.15) is 13.2 Å². The van der Waals surface area contributed by atoms with Gasteiger partial charge in [0.25, 0.3) is 0 Å². The fourth-order valence-electron chi connectivity index (χ4n) is 3.46. The van der Waals surface area contributed by atoms with Crippen LogP contribution in [0.1, 0.15) is 51.3 Å². The van der Waals surface area contributed by atoms with Crippen LogP contribution < -0.4 is 4.74 Å². The van der Waals surface area contributed by atoms with Crippen molar-refractivity contribution in [2.45, 2.75) is 58.0 Å². The van der Waals surface area contributed by atoms with Gasteiger partial charge in [0, 0.05) is 12.1 Å². The van der Waals surface area contributed by atoms with Crippen LogP contribution in [0.3, 0.4) is 0 Å². The highest BCUT2D eigenvalue weighted by atomic mass is 19.4. The zero-order valence-electron chi connectivity index (χ0n) is 14.7. The molecule has 1 aromatic rings. The second kappa shape index (κ2) is 5.81. The number of hydrogen-bond donors (Lipinski definition) is 0. The Balaban J connectivity index is 1.94. The maximum absolute atomic E-state index is 12.9. The fraction of sp³-hybridized carbons (Fsp3) is 0.611. The van der Waals surface area contributed by atoms with Crippen molar-refractivity contribution in [3.05, 3.63) is 29.3 Å². The minimum Gasteiger partial charge on any atom is -0.488 e. The monoisotopic (exact) mass is 357 g/mol. The summed E-state index contributed by atoms with van der Waals surface area (Å²) in [7, 11) is 0. The number of ether oxygens (including phenoxy) is 2. The molecule has 2 heterocycles. The van der Waals surface area contributed by atoms with Crippen molar-refractivity contribution < 1.29 is 27.4 Å². The number of carbonyl (C=O) groups is 1. The number of hydrogen-bond acceptors (Lipinski definition) is 3. The van der Waals surface area contributed by atoms with Gasteiger partial charge in [0.05, 0.1) is 5.56 Å². The molecule has 3 atom stereocenters. The lowest BCUT2D eigenvalue weighted by atomic mass is 9.89. The van der Waals surface area contributed by atoms with E-state index in [2.05, 4.69) is 0 Å². The summed E-state index contributed by atoms with van der Waals surface area (Å²) in [5.74, 6) is 0.373. The molecular weight excluding hydrogens is 335 g/mol. The van der Waals surface area contributed by atoms with Gasteiger partial charge in [0.2, 0.25) is 0 Å². The second-order valence-corrected chi connectivity index (χ2v) is 7.83. The van der Waals surface area contributed by atoms with E-state index in [-0.39, 0.29) is 17.8 Å². The largest absolute Gasteiger partial charge is 0.488 e. The van der Waals surface area contributed by atoms with Crippen LogP contribution in [0.4, 0.5) is 18.0 Å². The van der Waals surface area contributed by atoms with Gasteiger partial charge in [-0.25, -0.2) is 4.79 Å². The molecule has 1 amide bonds. The first-order chi connectivity index (χ1) is 11.5. The maximum Gasteiger partial charge on any atom is 0.416 e. The Morgan fingerprint density at radius 1 is 1.28 bits per heavy atom. The topological polar surface area (TPSA) is 38.8 Å². The molecule has 0 radical (unpaired) electrons. The number of carbonyl (C=O) groups excluding carboxylic acids is 1. The molecule has 0 unspecified atom stereocenters. The molecule has 0 saturated carbocycles. The van der Waals surface area contributed by atoms with Gasteiger partial charge < -0.3 is 9.47 Å². The fourth-order valence-corrected chi connectivity index (χ4v) is 3.46. The van der Waals surface area contributed by atoms with Gasteiger partial charge in [0.1, 0.15) is 23.5 Å². The van der Waals surface area contributed by atoms with E-state index in [1.165, 1.54) is 6.07 Å². The van der Waals surface area contributed by atoms with E-state index in [0.717, 1.165) is 12.1 Å². The van der Waals surface area contributed by atoms with Gasteiger partial charge in [-0.3, -0.25) is 4.90 Å². The summed E-state index contributed by atoms with van der Waals surface area (Å²) in [6, 6.07) is 3.06. The van der Waals surface area contributed by atoms with Crippen molar-refractivity contribution in [2.24, 2.45) is 5.92 Å². The first-order valence-electron chi connectivity index (χ1n) is 8.33. The van der Waals surface area contributed by atoms with Gasteiger partial charge in [-0.1, -0.05) is 13.0 Å². The summed E-state index contributed by atoms with van der Waals surface area (Å²) in [5.41, 5.74) is -0.784. The smallest absolute Gasteiger partial charge is 0.416 e. The van der Waals surface area contributed by atoms with Crippen molar-refractivity contribution in [3.63, 3.8) is 0 Å². The molecule has 1 fully saturated rings. The molecule has 7 heteroatoms. The van der Waals surface area contributed by atoms with Gasteiger partial charge in [-0.05, 0) is 45.2 Å². The van der Waals surface area contributed by atoms with E-state index in [9.17, 15) is 18.0 Å². The van der Waals surface area contributed by atoms with Crippen molar-refractivity contribution in [3.8, 4) is 5.75 Å². The van der Waals surface area contributed by atoms with Crippen molar-refractivity contribution >= 4 is 6.09 Å². The van der Waals surface area contributed by atoms with E-state index >= 15 is 0 Å². The summed E-state index contributed by atoms with van der Waals surface area (Å²) in [4.78, 5) is 14.2. The van der Waals surface area contributed by atoms with Gasteiger partial charge in [-0.15, -0.1) is 0 Å². The highest BCUT2D eigenvalue weighted by Gasteiger charge is 2.47. The van der Waals surface area contributed by atoms with Crippen LogP contribution in [0.25, 0.3) is 0 Å². The number of likely N-dealkylation sites (tertiary alicyclic amines) is 1. The van der Waals surface area contributed by atoms with Gasteiger partial charge in [0.15, 0.2) is 0 Å². The number of benzene rings is 1. The first-order valence-corrected chi connectivity index (χ1v) is 8.33. The molecule has 138 valence electrons. The predicted octanol–water partition coefficient (Wildman–Crippen LogP) is 4.78. The Morgan fingerprint density at radius 3 is 2.56 bits per heavy atom. The summed E-state index contributed by atoms with van der Waals surface area (Å²) in [5, 5.41) is 0. The molecule has 3 rings (SSSR count). The van der Waals surface area contributed by atoms with E-state index < -0.39 is 29.5 Å². The Bertz CT molecular complexity index is 681. The SMILES string of the molecule is C[C@@H]1C[C@@H]2Oc3cc(C(F)(F)F)ccc3[C@@H]2N(C(=O)OC(C)(C)C)C1. The summed E-state index contributed by atoms with van der Waals surface area (Å²) in [6.45, 7) is 7.82. The van der Waals surface area contributed by atoms with Crippen LogP contribution in [0, 0.1) is 5.92 Å². The molecule has 1 saturated heterocycles. The van der Waals surface area contributed by atoms with Crippen LogP contribution in [0.2, 0.25) is 0 Å². The van der Waals surface area contributed by atoms with E-state index in [1.807, 2.05) is 6.92 Å². The highest BCUT2D eigenvalue weighted by molar-refractivity contribution is 5.70. The van der Waals surface area contributed by atoms with Crippen molar-refractivity contribution in [2.75, 3.05) is 6.54 Å². The third-order valence-electron chi connectivity index (χ3n) is 4.40. The molecule has 0 bridgehead atoms. The molecule has 2 aliphatic rings. The third kappa shape index (κ3) is 3.55. The van der Waals surface area contributed by atoms with Gasteiger partial charge >= 0.3 is 12.3 Å². The molecule has 0 aromatic heterocycles. The van der Waals surface area contributed by atoms with E-state index in [4.69, 9.17) is 9.47 Å². The molecule has 0 aliphatic carbocycles. The minimum absolute atomic E-state index is 0.171. The molecule has 0 N–H and O–H groups in total. The summed E-state index contributed by atoms with van der Waals surface area (Å²) in [6.07, 6.45) is -4.57. The number of fused-ring (bicyclic) bond motifs is 3. The average molecular weight is 357 g/mol. The van der Waals surface area contributed by atoms with Crippen LogP contribution >= 0.6 is 0 Å². The number of nitrogens with zero attached hydrogens (tertiary/aromatic N) is 1. The lowest BCUT2D eigenvalue weighted by Gasteiger charge is -2.40. The number of rotatable bonds is 0. The van der Waals surface area contributed by atoms with Crippen molar-refractivity contribution in [1.82, 2.24) is 4.90 Å². The lowest BCUT2D eigenvalue weighted by molar-refractivity contribution is -0.137. The number of piperidine rings is 1. The van der Waals surface area contributed by atoms with Crippen LogP contribution in [0.15, 0.2) is 18.2 Å². The molecule has 1 aromatic carbocycles. The first kappa shape index (κ1) is 17.9. The normalized spacial score (nSPS) is 25.9. The second-order valence-electron chi connectivity index (χ2n) is 7.83. The molecule has 4 nitrogen and oxygen atoms in total. The average Bonchev–Trinajstić information content (AvgIpc) is 2.80. The van der Waals surface area contributed by atoms with E-state index in [1.54, 1.807) is 25.7 Å². The summed E-state index contributed by atoms with van der Waals surface area (Å²) >= 11 is 0. The Hall–Kier alpha value is -1.92. The quantitative estimate of drug-likeness (QED) is 0.670. The molecular formula is C18H22F3NO3. The predicted molar refractivity (Wildman–Crippen MR) is 85.3 cm³/mol. The summed E-state index contributed by atoms with van der Waals surface area (Å²) < 4.78 is 50.1. The zero-order chi connectivity index (χ0) is 18.6. The van der Waals surface area contributed by atoms with Crippen LogP contribution in [-0.4, -0.2) is 29.2 Å². The van der Waals surface area contributed by atoms with E-state index in [0.29, 0.717) is 18.5 Å². The number of alkyl halides is 3. The number of halogens is 3. The standard InChI is InChI=1S/C18H22F3NO3/c1-10-7-14-15(22(9-10)16(23)25-17(2,3)4)12-6-5-11(18(19,20)21)8-13(12)24-14/h5-6,8,10,14-15H,7,9H2,1-4H3/t10-,14+,15+/m1/s1. The molecule has 2 aliphatic heterocycles. The zero-order valence-corrected chi connectivity index (χ0v) is 14.7. The Labute approximate surface area is 144 Å². The minimum atomic E-state index is -4.43. The number of amides is 1. The Kier molecular flexibility index (Phi) is 4.16. The molecule has 0 spiro atoms. The maximum atomic E-state index is 12.9. The van der Waals surface area contributed by atoms with Crippen LogP contribution in [-0.2, 0) is 10.9 Å². The van der Waals surface area contributed by atoms with Crippen molar-refractivity contribution in [1.29, 1.82) is 0 Å². The molecule has 25 heavy (non-hydrogen) atoms. The lowest BCUT2D eigenvalue weighted by Crippen LogP contribution is -2.49. The van der Waals surface area contributed by atoms with Crippen LogP contribution in [0.5, 0.6) is 5.75 Å². The third-order valence-corrected chi connectivity index (χ3v) is 4.40.